The van der Waals surface area contributed by atoms with Crippen LogP contribution in [0.25, 0.3) is 0 Å². The fourth-order valence-corrected chi connectivity index (χ4v) is 2.43. The second kappa shape index (κ2) is 6.57. The average molecular weight is 323 g/mol. The number of ether oxygens (including phenoxy) is 1. The molecule has 0 aliphatic carbocycles. The molecule has 1 fully saturated rings. The molecule has 1 saturated heterocycles. The van der Waals surface area contributed by atoms with Crippen molar-refractivity contribution in [1.82, 2.24) is 4.98 Å². The van der Waals surface area contributed by atoms with E-state index < -0.39 is 30.1 Å². The first-order valence-electron chi connectivity index (χ1n) is 7.79. The molecule has 0 saturated carbocycles. The maximum Gasteiger partial charge on any atom is 0.466 e. The van der Waals surface area contributed by atoms with Gasteiger partial charge in [-0.1, -0.05) is 6.07 Å². The Balaban J connectivity index is 2.27. The van der Waals surface area contributed by atoms with Crippen molar-refractivity contribution in [2.45, 2.75) is 58.1 Å². The van der Waals surface area contributed by atoms with Gasteiger partial charge in [0.15, 0.2) is 0 Å². The van der Waals surface area contributed by atoms with Gasteiger partial charge in [-0.25, -0.2) is 4.98 Å². The molecule has 0 amide bonds. The van der Waals surface area contributed by atoms with Gasteiger partial charge in [0.05, 0.1) is 24.2 Å². The first-order chi connectivity index (χ1) is 10.7. The topological polar surface area (TPSA) is 57.7 Å². The molecule has 1 aromatic rings. The highest BCUT2D eigenvalue weighted by Gasteiger charge is 2.54. The summed E-state index contributed by atoms with van der Waals surface area (Å²) >= 11 is 0. The van der Waals surface area contributed by atoms with E-state index in [1.54, 1.807) is 13.0 Å². The molecule has 23 heavy (non-hydrogen) atoms. The third-order valence-corrected chi connectivity index (χ3v) is 4.47. The summed E-state index contributed by atoms with van der Waals surface area (Å²) in [6, 6.07) is 2.86. The summed E-state index contributed by atoms with van der Waals surface area (Å²) in [5.41, 5.74) is -0.353. The van der Waals surface area contributed by atoms with Crippen molar-refractivity contribution in [2.75, 3.05) is 6.61 Å². The molecule has 1 aliphatic rings. The Hall–Kier alpha value is -1.47. The molecular formula is C16H23BFNO4. The molecule has 2 heterocycles. The summed E-state index contributed by atoms with van der Waals surface area (Å²) in [7, 11) is -0.628. The van der Waals surface area contributed by atoms with Gasteiger partial charge in [-0.2, -0.15) is 4.39 Å². The van der Waals surface area contributed by atoms with E-state index in [1.165, 1.54) is 12.3 Å². The molecule has 7 heteroatoms. The predicted molar refractivity (Wildman–Crippen MR) is 84.3 cm³/mol. The Labute approximate surface area is 136 Å². The lowest BCUT2D eigenvalue weighted by Crippen LogP contribution is -2.41. The van der Waals surface area contributed by atoms with Crippen molar-refractivity contribution < 1.29 is 23.2 Å². The van der Waals surface area contributed by atoms with Gasteiger partial charge in [-0.3, -0.25) is 4.79 Å². The van der Waals surface area contributed by atoms with Crippen LogP contribution in [0.2, 0.25) is 0 Å². The van der Waals surface area contributed by atoms with Crippen molar-refractivity contribution in [3.8, 4) is 0 Å². The lowest BCUT2D eigenvalue weighted by Gasteiger charge is -2.32. The summed E-state index contributed by atoms with van der Waals surface area (Å²) in [6.45, 7) is 9.82. The van der Waals surface area contributed by atoms with Gasteiger partial charge >= 0.3 is 13.1 Å². The quantitative estimate of drug-likeness (QED) is 0.474. The van der Waals surface area contributed by atoms with Crippen LogP contribution in [-0.4, -0.2) is 35.9 Å². The molecule has 0 N–H and O–H groups in total. The minimum atomic E-state index is -0.628. The lowest BCUT2D eigenvalue weighted by atomic mass is 9.66. The summed E-state index contributed by atoms with van der Waals surface area (Å²) in [5.74, 6) is -1.34. The zero-order valence-corrected chi connectivity index (χ0v) is 14.3. The third kappa shape index (κ3) is 3.90. The maximum absolute atomic E-state index is 13.1. The van der Waals surface area contributed by atoms with Crippen LogP contribution in [-0.2, 0) is 18.8 Å². The number of hydrogen-bond donors (Lipinski definition) is 0. The number of halogens is 1. The van der Waals surface area contributed by atoms with Crippen LogP contribution < -0.4 is 0 Å². The third-order valence-electron chi connectivity index (χ3n) is 4.47. The highest BCUT2D eigenvalue weighted by molar-refractivity contribution is 6.48. The molecule has 0 radical (unpaired) electrons. The number of rotatable bonds is 5. The Kier molecular flexibility index (Phi) is 5.11. The smallest absolute Gasteiger partial charge is 0.466 e. The molecule has 126 valence electrons. The fourth-order valence-electron chi connectivity index (χ4n) is 2.43. The molecule has 1 aromatic heterocycles. The minimum absolute atomic E-state index is 0.0813. The second-order valence-corrected chi connectivity index (χ2v) is 6.65. The van der Waals surface area contributed by atoms with Gasteiger partial charge in [-0.15, -0.1) is 0 Å². The maximum atomic E-state index is 13.1. The van der Waals surface area contributed by atoms with Gasteiger partial charge in [0.1, 0.15) is 0 Å². The number of hydrogen-bond acceptors (Lipinski definition) is 5. The van der Waals surface area contributed by atoms with Gasteiger partial charge in [0, 0.05) is 12.0 Å². The van der Waals surface area contributed by atoms with E-state index in [9.17, 15) is 9.18 Å². The van der Waals surface area contributed by atoms with Crippen LogP contribution in [0.15, 0.2) is 18.3 Å². The highest BCUT2D eigenvalue weighted by atomic mass is 19.1. The van der Waals surface area contributed by atoms with Crippen molar-refractivity contribution >= 4 is 13.1 Å². The Morgan fingerprint density at radius 2 is 1.91 bits per heavy atom. The van der Waals surface area contributed by atoms with E-state index in [4.69, 9.17) is 14.0 Å². The van der Waals surface area contributed by atoms with E-state index >= 15 is 0 Å². The van der Waals surface area contributed by atoms with Crippen molar-refractivity contribution in [3.05, 3.63) is 29.8 Å². The van der Waals surface area contributed by atoms with Crippen molar-refractivity contribution in [2.24, 2.45) is 0 Å². The van der Waals surface area contributed by atoms with E-state index in [0.717, 1.165) is 0 Å². The second-order valence-electron chi connectivity index (χ2n) is 6.65. The van der Waals surface area contributed by atoms with E-state index in [2.05, 4.69) is 4.98 Å². The number of nitrogens with zero attached hydrogens (tertiary/aromatic N) is 1. The molecule has 1 atom stereocenters. The zero-order valence-electron chi connectivity index (χ0n) is 14.3. The summed E-state index contributed by atoms with van der Waals surface area (Å²) in [6.07, 6.45) is 1.49. The molecule has 0 aromatic carbocycles. The molecular weight excluding hydrogens is 300 g/mol. The van der Waals surface area contributed by atoms with Crippen LogP contribution in [0.1, 0.15) is 52.4 Å². The number of pyridine rings is 1. The molecule has 5 nitrogen and oxygen atoms in total. The zero-order chi connectivity index (χ0) is 17.3. The predicted octanol–water partition coefficient (Wildman–Crippen LogP) is 2.89. The van der Waals surface area contributed by atoms with Crippen LogP contribution in [0.4, 0.5) is 4.39 Å². The summed E-state index contributed by atoms with van der Waals surface area (Å²) in [4.78, 5) is 15.6. The van der Waals surface area contributed by atoms with Gasteiger partial charge in [0.25, 0.3) is 0 Å². The fraction of sp³-hybridized carbons (Fsp3) is 0.625. The van der Waals surface area contributed by atoms with Gasteiger partial charge < -0.3 is 14.0 Å². The number of carbonyl (C=O) groups is 1. The molecule has 0 bridgehead atoms. The van der Waals surface area contributed by atoms with Gasteiger partial charge in [-0.05, 0) is 46.2 Å². The number of aromatic nitrogens is 1. The van der Waals surface area contributed by atoms with Crippen LogP contribution >= 0.6 is 0 Å². The molecule has 1 aliphatic heterocycles. The normalized spacial score (nSPS) is 20.3. The Bertz CT molecular complexity index is 546. The number of carbonyl (C=O) groups excluding carboxylic acids is 1. The Morgan fingerprint density at radius 3 is 2.39 bits per heavy atom. The van der Waals surface area contributed by atoms with Crippen LogP contribution in [0.5, 0.6) is 0 Å². The van der Waals surface area contributed by atoms with Crippen molar-refractivity contribution in [3.63, 3.8) is 0 Å². The highest BCUT2D eigenvalue weighted by Crippen LogP contribution is 2.41. The average Bonchev–Trinajstić information content (AvgIpc) is 2.66. The first-order valence-corrected chi connectivity index (χ1v) is 7.79. The SMILES string of the molecule is CCOC(=O)CC(B1OC(C)(C)C(C)(C)O1)c1ccc(F)nc1. The minimum Gasteiger partial charge on any atom is -0.466 e. The van der Waals surface area contributed by atoms with Crippen LogP contribution in [0.3, 0.4) is 0 Å². The standard InChI is InChI=1S/C16H23BFNO4/c1-6-21-14(20)9-12(11-7-8-13(18)19-10-11)17-22-15(2,3)16(4,5)23-17/h7-8,10,12H,6,9H2,1-5H3. The van der Waals surface area contributed by atoms with E-state index in [-0.39, 0.29) is 12.4 Å². The largest absolute Gasteiger partial charge is 0.466 e. The van der Waals surface area contributed by atoms with Crippen LogP contribution in [0, 0.1) is 5.95 Å². The van der Waals surface area contributed by atoms with Gasteiger partial charge in [0.2, 0.25) is 5.95 Å². The molecule has 2 rings (SSSR count). The molecule has 1 unspecified atom stereocenters. The summed E-state index contributed by atoms with van der Waals surface area (Å²) < 4.78 is 30.2. The monoisotopic (exact) mass is 323 g/mol. The first kappa shape index (κ1) is 17.9. The molecule has 0 spiro atoms. The Morgan fingerprint density at radius 1 is 1.30 bits per heavy atom. The van der Waals surface area contributed by atoms with Crippen molar-refractivity contribution in [1.29, 1.82) is 0 Å². The lowest BCUT2D eigenvalue weighted by molar-refractivity contribution is -0.143. The summed E-state index contributed by atoms with van der Waals surface area (Å²) in [5, 5.41) is 0. The van der Waals surface area contributed by atoms with E-state index in [0.29, 0.717) is 12.2 Å². The van der Waals surface area contributed by atoms with E-state index in [1.807, 2.05) is 27.7 Å². The number of esters is 1.